The van der Waals surface area contributed by atoms with Crippen LogP contribution < -0.4 is 14.5 Å². The van der Waals surface area contributed by atoms with Crippen LogP contribution in [0.25, 0.3) is 0 Å². The molecule has 2 aliphatic rings. The van der Waals surface area contributed by atoms with Crippen LogP contribution in [0.4, 0.5) is 5.69 Å². The van der Waals surface area contributed by atoms with Crippen molar-refractivity contribution >= 4 is 11.6 Å². The molecular formula is C23H35N4O2+. The van der Waals surface area contributed by atoms with Gasteiger partial charge in [-0.25, -0.2) is 0 Å². The largest absolute Gasteiger partial charge is 0.492 e. The van der Waals surface area contributed by atoms with E-state index >= 15 is 0 Å². The van der Waals surface area contributed by atoms with Crippen molar-refractivity contribution in [1.29, 1.82) is 5.26 Å². The fourth-order valence-electron chi connectivity index (χ4n) is 4.80. The number of para-hydroxylation sites is 2. The van der Waals surface area contributed by atoms with E-state index in [0.717, 1.165) is 69.7 Å². The van der Waals surface area contributed by atoms with Crippen LogP contribution in [0.5, 0.6) is 5.75 Å². The second kappa shape index (κ2) is 9.49. The van der Waals surface area contributed by atoms with Gasteiger partial charge in [0.1, 0.15) is 11.3 Å². The molecule has 2 fully saturated rings. The number of hydrogen-bond donors (Lipinski definition) is 1. The Labute approximate surface area is 175 Å². The fraction of sp³-hybridized carbons (Fsp3) is 0.652. The van der Waals surface area contributed by atoms with Gasteiger partial charge in [0.2, 0.25) is 0 Å². The van der Waals surface area contributed by atoms with Crippen LogP contribution in [0.15, 0.2) is 24.3 Å². The summed E-state index contributed by atoms with van der Waals surface area (Å²) in [6.07, 6.45) is 4.83. The van der Waals surface area contributed by atoms with Gasteiger partial charge in [-0.3, -0.25) is 4.79 Å². The van der Waals surface area contributed by atoms with E-state index in [1.807, 2.05) is 39.1 Å². The summed E-state index contributed by atoms with van der Waals surface area (Å²) < 4.78 is 5.78. The number of carbonyl (C=O) groups is 1. The Hall–Kier alpha value is -2.26. The summed E-state index contributed by atoms with van der Waals surface area (Å²) in [7, 11) is 1.83. The van der Waals surface area contributed by atoms with E-state index in [0.29, 0.717) is 6.61 Å². The highest BCUT2D eigenvalue weighted by atomic mass is 16.5. The first-order valence-corrected chi connectivity index (χ1v) is 11.0. The molecular weight excluding hydrogens is 364 g/mol. The summed E-state index contributed by atoms with van der Waals surface area (Å²) >= 11 is 0. The Morgan fingerprint density at radius 2 is 1.93 bits per heavy atom. The molecule has 1 atom stereocenters. The molecule has 1 saturated heterocycles. The average Bonchev–Trinajstić information content (AvgIpc) is 2.79. The van der Waals surface area contributed by atoms with Crippen molar-refractivity contribution in [2.24, 2.45) is 0 Å². The summed E-state index contributed by atoms with van der Waals surface area (Å²) in [6, 6.07) is 10.5. The minimum absolute atomic E-state index is 0.103. The molecule has 6 nitrogen and oxygen atoms in total. The number of nitrogens with one attached hydrogen (secondary N) is 1. The predicted octanol–water partition coefficient (Wildman–Crippen LogP) is 1.86. The lowest BCUT2D eigenvalue weighted by molar-refractivity contribution is -0.915. The van der Waals surface area contributed by atoms with Gasteiger partial charge < -0.3 is 19.4 Å². The first-order chi connectivity index (χ1) is 14.0. The van der Waals surface area contributed by atoms with Crippen LogP contribution in [-0.2, 0) is 4.79 Å². The molecule has 0 bridgehead atoms. The number of anilines is 1. The normalized spacial score (nSPS) is 20.6. The van der Waals surface area contributed by atoms with Crippen LogP contribution >= 0.6 is 0 Å². The van der Waals surface area contributed by atoms with Crippen molar-refractivity contribution in [2.75, 3.05) is 44.7 Å². The van der Waals surface area contributed by atoms with Crippen molar-refractivity contribution in [1.82, 2.24) is 4.90 Å². The van der Waals surface area contributed by atoms with Crippen LogP contribution in [-0.4, -0.2) is 62.2 Å². The van der Waals surface area contributed by atoms with Gasteiger partial charge in [0.25, 0.3) is 5.91 Å². The molecule has 0 unspecified atom stereocenters. The number of quaternary nitrogens is 1. The highest BCUT2D eigenvalue weighted by Crippen LogP contribution is 2.32. The maximum Gasteiger partial charge on any atom is 0.281 e. The molecule has 3 rings (SSSR count). The summed E-state index contributed by atoms with van der Waals surface area (Å²) in [5.74, 6) is 1.03. The van der Waals surface area contributed by atoms with Crippen molar-refractivity contribution in [3.05, 3.63) is 24.3 Å². The predicted molar refractivity (Wildman–Crippen MR) is 114 cm³/mol. The Balaban J connectivity index is 1.62. The van der Waals surface area contributed by atoms with E-state index in [9.17, 15) is 10.1 Å². The van der Waals surface area contributed by atoms with Gasteiger partial charge in [0, 0.05) is 7.05 Å². The number of nitriles is 1. The van der Waals surface area contributed by atoms with E-state index in [2.05, 4.69) is 17.0 Å². The molecule has 1 N–H and O–H groups in total. The number of likely N-dealkylation sites (N-methyl/N-ethyl adjacent to an activating group) is 1. The topological polar surface area (TPSA) is 61.0 Å². The summed E-state index contributed by atoms with van der Waals surface area (Å²) in [4.78, 5) is 18.6. The van der Waals surface area contributed by atoms with Crippen LogP contribution in [0.2, 0.25) is 0 Å². The molecule has 0 spiro atoms. The zero-order valence-electron chi connectivity index (χ0n) is 18.1. The second-order valence-electron chi connectivity index (χ2n) is 8.37. The van der Waals surface area contributed by atoms with Crippen LogP contribution in [0.3, 0.4) is 0 Å². The monoisotopic (exact) mass is 399 g/mol. The fourth-order valence-corrected chi connectivity index (χ4v) is 4.80. The number of amides is 1. The quantitative estimate of drug-likeness (QED) is 0.793. The Kier molecular flexibility index (Phi) is 7.02. The van der Waals surface area contributed by atoms with Gasteiger partial charge in [-0.2, -0.15) is 5.26 Å². The molecule has 1 aromatic carbocycles. The van der Waals surface area contributed by atoms with Gasteiger partial charge >= 0.3 is 0 Å². The Bertz CT molecular complexity index is 731. The van der Waals surface area contributed by atoms with E-state index in [4.69, 9.17) is 4.74 Å². The van der Waals surface area contributed by atoms with Crippen molar-refractivity contribution in [3.8, 4) is 11.8 Å². The number of carbonyl (C=O) groups excluding carboxylic acids is 1. The maximum atomic E-state index is 13.2. The average molecular weight is 400 g/mol. The lowest BCUT2D eigenvalue weighted by Gasteiger charge is -2.42. The minimum Gasteiger partial charge on any atom is -0.492 e. The third-order valence-corrected chi connectivity index (χ3v) is 6.76. The summed E-state index contributed by atoms with van der Waals surface area (Å²) in [6.45, 7) is 8.27. The van der Waals surface area contributed by atoms with Gasteiger partial charge in [-0.1, -0.05) is 31.4 Å². The molecule has 1 amide bonds. The summed E-state index contributed by atoms with van der Waals surface area (Å²) in [5, 5.41) is 9.81. The highest BCUT2D eigenvalue weighted by molar-refractivity contribution is 5.81. The number of piperazine rings is 1. The molecule has 6 heteroatoms. The Morgan fingerprint density at radius 3 is 2.55 bits per heavy atom. The molecule has 158 valence electrons. The van der Waals surface area contributed by atoms with Gasteiger partial charge in [0.05, 0.1) is 44.5 Å². The number of rotatable bonds is 6. The second-order valence-corrected chi connectivity index (χ2v) is 8.37. The smallest absolute Gasteiger partial charge is 0.281 e. The Morgan fingerprint density at radius 1 is 1.28 bits per heavy atom. The van der Waals surface area contributed by atoms with Crippen LogP contribution in [0.1, 0.15) is 46.0 Å². The number of ether oxygens (including phenoxy) is 1. The number of benzene rings is 1. The molecule has 0 aromatic heterocycles. The van der Waals surface area contributed by atoms with Gasteiger partial charge in [-0.15, -0.1) is 0 Å². The molecule has 1 heterocycles. The van der Waals surface area contributed by atoms with Gasteiger partial charge in [-0.05, 0) is 38.8 Å². The first kappa shape index (κ1) is 21.4. The third-order valence-electron chi connectivity index (χ3n) is 6.76. The third kappa shape index (κ3) is 4.51. The minimum atomic E-state index is -0.610. The SMILES string of the molecule is CCOc1ccccc1N1CC[NH+]([C@H](C)C(=O)N(C)C2(C#N)CCCCC2)CC1. The lowest BCUT2D eigenvalue weighted by Crippen LogP contribution is -3.19. The van der Waals surface area contributed by atoms with Crippen molar-refractivity contribution in [3.63, 3.8) is 0 Å². The highest BCUT2D eigenvalue weighted by Gasteiger charge is 2.42. The molecule has 1 saturated carbocycles. The van der Waals surface area contributed by atoms with Crippen molar-refractivity contribution in [2.45, 2.75) is 57.5 Å². The van der Waals surface area contributed by atoms with E-state index in [1.165, 1.54) is 4.90 Å². The standard InChI is InChI=1S/C23H34N4O2/c1-4-29-21-11-7-6-10-20(21)27-16-14-26(15-17-27)19(2)22(28)25(3)23(18-24)12-8-5-9-13-23/h6-7,10-11,19H,4-5,8-9,12-17H2,1-3H3/p+1/t19-/m1/s1. The van der Waals surface area contributed by atoms with E-state index in [-0.39, 0.29) is 11.9 Å². The zero-order chi connectivity index (χ0) is 20.9. The molecule has 1 aliphatic heterocycles. The van der Waals surface area contributed by atoms with E-state index in [1.54, 1.807) is 4.90 Å². The number of nitrogens with zero attached hydrogens (tertiary/aromatic N) is 3. The van der Waals surface area contributed by atoms with E-state index < -0.39 is 5.54 Å². The van der Waals surface area contributed by atoms with Crippen molar-refractivity contribution < 1.29 is 14.4 Å². The van der Waals surface area contributed by atoms with Crippen LogP contribution in [0, 0.1) is 11.3 Å². The summed E-state index contributed by atoms with van der Waals surface area (Å²) in [5.41, 5.74) is 0.525. The molecule has 1 aromatic rings. The zero-order valence-corrected chi connectivity index (χ0v) is 18.1. The molecule has 29 heavy (non-hydrogen) atoms. The lowest BCUT2D eigenvalue weighted by atomic mass is 9.81. The molecule has 0 radical (unpaired) electrons. The first-order valence-electron chi connectivity index (χ1n) is 11.0. The molecule has 1 aliphatic carbocycles. The maximum absolute atomic E-state index is 13.2. The number of hydrogen-bond acceptors (Lipinski definition) is 4. The van der Waals surface area contributed by atoms with Gasteiger partial charge in [0.15, 0.2) is 6.04 Å².